The third kappa shape index (κ3) is 4.83. The fourth-order valence-electron chi connectivity index (χ4n) is 3.37. The number of aliphatic imine (C=N–C) groups is 1. The van der Waals surface area contributed by atoms with Crippen LogP contribution in [0.1, 0.15) is 26.2 Å². The first kappa shape index (κ1) is 18.4. The Morgan fingerprint density at radius 2 is 1.77 bits per heavy atom. The van der Waals surface area contributed by atoms with Crippen molar-refractivity contribution in [2.45, 2.75) is 26.2 Å². The van der Waals surface area contributed by atoms with Crippen LogP contribution in [-0.4, -0.2) is 77.4 Å². The Kier molecular flexibility index (Phi) is 6.25. The maximum absolute atomic E-state index is 12.4. The van der Waals surface area contributed by atoms with Crippen molar-refractivity contribution in [3.63, 3.8) is 0 Å². The van der Waals surface area contributed by atoms with Gasteiger partial charge in [0.15, 0.2) is 5.96 Å². The lowest BCUT2D eigenvalue weighted by atomic mass is 10.00. The summed E-state index contributed by atoms with van der Waals surface area (Å²) in [6, 6.07) is 1.81. The lowest BCUT2D eigenvalue weighted by molar-refractivity contribution is -0.131. The highest BCUT2D eigenvalue weighted by Crippen LogP contribution is 2.15. The zero-order valence-corrected chi connectivity index (χ0v) is 15.5. The molecule has 8 heteroatoms. The second kappa shape index (κ2) is 8.82. The number of nitrogens with zero attached hydrogens (tertiary/aromatic N) is 6. The highest BCUT2D eigenvalue weighted by Gasteiger charge is 2.22. The van der Waals surface area contributed by atoms with E-state index in [1.807, 2.05) is 4.90 Å². The van der Waals surface area contributed by atoms with Gasteiger partial charge in [-0.3, -0.25) is 9.79 Å². The number of piperidine rings is 1. The summed E-state index contributed by atoms with van der Waals surface area (Å²) in [6.07, 6.45) is 6.21. The lowest BCUT2D eigenvalue weighted by Crippen LogP contribution is -2.49. The first-order valence-corrected chi connectivity index (χ1v) is 9.48. The van der Waals surface area contributed by atoms with E-state index in [1.165, 1.54) is 0 Å². The fourth-order valence-corrected chi connectivity index (χ4v) is 3.37. The zero-order valence-electron chi connectivity index (χ0n) is 15.5. The Morgan fingerprint density at radius 1 is 1.12 bits per heavy atom. The quantitative estimate of drug-likeness (QED) is 0.624. The molecular formula is C18H29N7O. The Labute approximate surface area is 155 Å². The second-order valence-corrected chi connectivity index (χ2v) is 7.08. The molecule has 0 saturated carbocycles. The Bertz CT molecular complexity index is 605. The number of nitrogens with two attached hydrogens (primary N) is 1. The van der Waals surface area contributed by atoms with Gasteiger partial charge in [0, 0.05) is 58.1 Å². The monoisotopic (exact) mass is 359 g/mol. The number of piperazine rings is 1. The third-order valence-corrected chi connectivity index (χ3v) is 5.17. The number of carbonyl (C=O) groups is 1. The molecule has 2 aliphatic rings. The van der Waals surface area contributed by atoms with Crippen molar-refractivity contribution in [2.75, 3.05) is 50.7 Å². The van der Waals surface area contributed by atoms with Crippen LogP contribution in [-0.2, 0) is 4.79 Å². The largest absolute Gasteiger partial charge is 0.370 e. The molecule has 0 radical (unpaired) electrons. The first-order valence-electron chi connectivity index (χ1n) is 9.48. The van der Waals surface area contributed by atoms with Gasteiger partial charge >= 0.3 is 0 Å². The molecule has 2 N–H and O–H groups in total. The molecule has 0 spiro atoms. The van der Waals surface area contributed by atoms with E-state index < -0.39 is 0 Å². The number of amides is 1. The summed E-state index contributed by atoms with van der Waals surface area (Å²) in [4.78, 5) is 31.5. The number of hydrogen-bond acceptors (Lipinski definition) is 5. The van der Waals surface area contributed by atoms with E-state index in [0.29, 0.717) is 32.0 Å². The van der Waals surface area contributed by atoms with Crippen LogP contribution >= 0.6 is 0 Å². The summed E-state index contributed by atoms with van der Waals surface area (Å²) in [5, 5.41) is 0. The normalized spacial score (nSPS) is 19.7. The van der Waals surface area contributed by atoms with E-state index in [-0.39, 0.29) is 5.91 Å². The zero-order chi connectivity index (χ0) is 18.4. The van der Waals surface area contributed by atoms with Crippen molar-refractivity contribution >= 4 is 17.8 Å². The molecule has 8 nitrogen and oxygen atoms in total. The fraction of sp³-hybridized carbons (Fsp3) is 0.667. The van der Waals surface area contributed by atoms with Gasteiger partial charge in [0.05, 0.1) is 6.54 Å². The molecule has 0 unspecified atom stereocenters. The molecule has 0 bridgehead atoms. The standard InChI is InChI=1S/C18H29N7O/c1-15-4-9-24(10-5-15)17(19)20-8-3-16(26)23-11-13-25(14-12-23)18-21-6-2-7-22-18/h2,6-7,15H,3-5,8-14H2,1H3,(H2,19,20). The molecule has 2 saturated heterocycles. The van der Waals surface area contributed by atoms with Crippen LogP contribution in [0, 0.1) is 5.92 Å². The van der Waals surface area contributed by atoms with Crippen molar-refractivity contribution in [1.29, 1.82) is 0 Å². The van der Waals surface area contributed by atoms with Gasteiger partial charge in [-0.05, 0) is 24.8 Å². The van der Waals surface area contributed by atoms with Crippen LogP contribution in [0.5, 0.6) is 0 Å². The number of guanidine groups is 1. The SMILES string of the molecule is CC1CCN(C(N)=NCCC(=O)N2CCN(c3ncccn3)CC2)CC1. The van der Waals surface area contributed by atoms with Gasteiger partial charge in [0.25, 0.3) is 0 Å². The number of carbonyl (C=O) groups excluding carboxylic acids is 1. The van der Waals surface area contributed by atoms with Crippen LogP contribution < -0.4 is 10.6 Å². The van der Waals surface area contributed by atoms with Gasteiger partial charge in [-0.1, -0.05) is 6.92 Å². The van der Waals surface area contributed by atoms with E-state index in [1.54, 1.807) is 18.5 Å². The summed E-state index contributed by atoms with van der Waals surface area (Å²) in [7, 11) is 0. The molecule has 0 atom stereocenters. The van der Waals surface area contributed by atoms with Crippen LogP contribution in [0.3, 0.4) is 0 Å². The topological polar surface area (TPSA) is 91.0 Å². The summed E-state index contributed by atoms with van der Waals surface area (Å²) in [5.41, 5.74) is 6.07. The highest BCUT2D eigenvalue weighted by molar-refractivity contribution is 5.79. The first-order chi connectivity index (χ1) is 12.6. The average Bonchev–Trinajstić information content (AvgIpc) is 2.69. The number of rotatable bonds is 4. The molecule has 1 amide bonds. The maximum atomic E-state index is 12.4. The predicted molar refractivity (Wildman–Crippen MR) is 102 cm³/mol. The molecule has 3 rings (SSSR count). The van der Waals surface area contributed by atoms with Gasteiger partial charge in [-0.25, -0.2) is 9.97 Å². The summed E-state index contributed by atoms with van der Waals surface area (Å²) in [5.74, 6) is 2.21. The summed E-state index contributed by atoms with van der Waals surface area (Å²) < 4.78 is 0. The Morgan fingerprint density at radius 3 is 2.42 bits per heavy atom. The molecule has 2 aliphatic heterocycles. The maximum Gasteiger partial charge on any atom is 0.225 e. The molecule has 142 valence electrons. The van der Waals surface area contributed by atoms with Gasteiger partial charge in [-0.15, -0.1) is 0 Å². The Hall–Kier alpha value is -2.38. The number of aromatic nitrogens is 2. The molecular weight excluding hydrogens is 330 g/mol. The van der Waals surface area contributed by atoms with Crippen molar-refractivity contribution in [3.8, 4) is 0 Å². The van der Waals surface area contributed by atoms with Crippen LogP contribution in [0.2, 0.25) is 0 Å². The minimum Gasteiger partial charge on any atom is -0.370 e. The van der Waals surface area contributed by atoms with E-state index in [0.717, 1.165) is 50.9 Å². The van der Waals surface area contributed by atoms with Gasteiger partial charge in [0.1, 0.15) is 0 Å². The van der Waals surface area contributed by atoms with Crippen molar-refractivity contribution < 1.29 is 4.79 Å². The van der Waals surface area contributed by atoms with E-state index in [9.17, 15) is 4.79 Å². The molecule has 3 heterocycles. The average molecular weight is 359 g/mol. The van der Waals surface area contributed by atoms with E-state index >= 15 is 0 Å². The molecule has 0 aliphatic carbocycles. The van der Waals surface area contributed by atoms with Gasteiger partial charge in [0.2, 0.25) is 11.9 Å². The van der Waals surface area contributed by atoms with Crippen LogP contribution in [0.15, 0.2) is 23.5 Å². The smallest absolute Gasteiger partial charge is 0.225 e. The highest BCUT2D eigenvalue weighted by atomic mass is 16.2. The number of hydrogen-bond donors (Lipinski definition) is 1. The predicted octanol–water partition coefficient (Wildman–Crippen LogP) is 0.562. The minimum atomic E-state index is 0.141. The van der Waals surface area contributed by atoms with E-state index in [4.69, 9.17) is 5.73 Å². The number of likely N-dealkylation sites (tertiary alicyclic amines) is 1. The Balaban J connectivity index is 1.40. The minimum absolute atomic E-state index is 0.141. The third-order valence-electron chi connectivity index (χ3n) is 5.17. The van der Waals surface area contributed by atoms with E-state index in [2.05, 4.69) is 31.7 Å². The van der Waals surface area contributed by atoms with Gasteiger partial charge < -0.3 is 20.4 Å². The summed E-state index contributed by atoms with van der Waals surface area (Å²) in [6.45, 7) is 7.56. The number of anilines is 1. The van der Waals surface area contributed by atoms with Crippen molar-refractivity contribution in [2.24, 2.45) is 16.6 Å². The molecule has 1 aromatic rings. The molecule has 0 aromatic carbocycles. The second-order valence-electron chi connectivity index (χ2n) is 7.08. The summed E-state index contributed by atoms with van der Waals surface area (Å²) >= 11 is 0. The van der Waals surface area contributed by atoms with Crippen molar-refractivity contribution in [3.05, 3.63) is 18.5 Å². The van der Waals surface area contributed by atoms with Gasteiger partial charge in [-0.2, -0.15) is 0 Å². The molecule has 2 fully saturated rings. The van der Waals surface area contributed by atoms with Crippen molar-refractivity contribution in [1.82, 2.24) is 19.8 Å². The lowest BCUT2D eigenvalue weighted by Gasteiger charge is -2.34. The van der Waals surface area contributed by atoms with Crippen LogP contribution in [0.4, 0.5) is 5.95 Å². The molecule has 26 heavy (non-hydrogen) atoms. The molecule has 1 aromatic heterocycles. The van der Waals surface area contributed by atoms with Crippen LogP contribution in [0.25, 0.3) is 0 Å².